The highest BCUT2D eigenvalue weighted by Gasteiger charge is 2.18. The van der Waals surface area contributed by atoms with E-state index in [2.05, 4.69) is 5.32 Å². The number of hydrogen-bond acceptors (Lipinski definition) is 6. The lowest BCUT2D eigenvalue weighted by atomic mass is 10.2. The Balaban J connectivity index is 1.48. The summed E-state index contributed by atoms with van der Waals surface area (Å²) >= 11 is 0. The molecule has 0 aliphatic carbocycles. The lowest BCUT2D eigenvalue weighted by Gasteiger charge is -2.17. The van der Waals surface area contributed by atoms with E-state index in [-0.39, 0.29) is 18.0 Å². The van der Waals surface area contributed by atoms with E-state index in [0.717, 1.165) is 12.0 Å². The zero-order chi connectivity index (χ0) is 21.5. The molecule has 3 rings (SSSR count). The van der Waals surface area contributed by atoms with Crippen LogP contribution in [0.5, 0.6) is 11.5 Å². The molecule has 0 saturated carbocycles. The normalized spacial score (nSPS) is 12.5. The molecule has 1 N–H and O–H groups in total. The number of carbonyl (C=O) groups is 3. The van der Waals surface area contributed by atoms with E-state index in [1.807, 2.05) is 19.1 Å². The summed E-state index contributed by atoms with van der Waals surface area (Å²) in [6.45, 7) is 2.37. The van der Waals surface area contributed by atoms with Crippen molar-refractivity contribution in [2.24, 2.45) is 0 Å². The summed E-state index contributed by atoms with van der Waals surface area (Å²) in [4.78, 5) is 37.8. The van der Waals surface area contributed by atoms with Crippen LogP contribution in [0.25, 0.3) is 0 Å². The average Bonchev–Trinajstić information content (AvgIpc) is 2.98. The maximum atomic E-state index is 12.3. The molecule has 0 spiro atoms. The molecule has 1 aliphatic rings. The summed E-state index contributed by atoms with van der Waals surface area (Å²) in [6, 6.07) is 12.1. The van der Waals surface area contributed by atoms with Gasteiger partial charge in [0, 0.05) is 19.2 Å². The second-order valence-electron chi connectivity index (χ2n) is 6.95. The van der Waals surface area contributed by atoms with Crippen LogP contribution in [0.2, 0.25) is 0 Å². The molecule has 2 aromatic rings. The number of rotatable bonds is 6. The average molecular weight is 412 g/mol. The predicted molar refractivity (Wildman–Crippen MR) is 110 cm³/mol. The van der Waals surface area contributed by atoms with Gasteiger partial charge in [0.15, 0.2) is 18.1 Å². The number of nitrogens with one attached hydrogen (secondary N) is 1. The Morgan fingerprint density at radius 1 is 1.03 bits per heavy atom. The second-order valence-corrected chi connectivity index (χ2v) is 6.95. The molecule has 2 amide bonds. The molecular formula is C22H24N2O6. The Morgan fingerprint density at radius 2 is 1.73 bits per heavy atom. The second kappa shape index (κ2) is 9.78. The third-order valence-corrected chi connectivity index (χ3v) is 4.45. The van der Waals surface area contributed by atoms with Gasteiger partial charge in [-0.2, -0.15) is 0 Å². The van der Waals surface area contributed by atoms with E-state index < -0.39 is 18.5 Å². The number of likely N-dealkylation sites (N-methyl/N-ethyl adjacent to an activating group) is 1. The quantitative estimate of drug-likeness (QED) is 0.733. The Hall–Kier alpha value is -3.55. The number of amides is 2. The molecule has 8 heteroatoms. The Labute approximate surface area is 174 Å². The molecule has 0 fully saturated rings. The largest absolute Gasteiger partial charge is 0.490 e. The summed E-state index contributed by atoms with van der Waals surface area (Å²) in [5, 5.41) is 2.71. The molecule has 0 bridgehead atoms. The van der Waals surface area contributed by atoms with Crippen molar-refractivity contribution >= 4 is 23.5 Å². The van der Waals surface area contributed by atoms with Gasteiger partial charge in [-0.05, 0) is 37.3 Å². The third-order valence-electron chi connectivity index (χ3n) is 4.45. The van der Waals surface area contributed by atoms with Crippen LogP contribution >= 0.6 is 0 Å². The van der Waals surface area contributed by atoms with Crippen LogP contribution in [0.4, 0.5) is 5.69 Å². The maximum Gasteiger partial charge on any atom is 0.338 e. The molecule has 1 aliphatic heterocycles. The highest BCUT2D eigenvalue weighted by atomic mass is 16.5. The molecule has 2 aromatic carbocycles. The van der Waals surface area contributed by atoms with Crippen LogP contribution < -0.4 is 14.8 Å². The Bertz CT molecular complexity index is 926. The maximum absolute atomic E-state index is 12.3. The predicted octanol–water partition coefficient (Wildman–Crippen LogP) is 2.41. The SMILES string of the molecule is Cc1ccc(NC(=O)CN(C)C(=O)COC(=O)c2ccc3c(c2)OCCCO3)cc1. The zero-order valence-electron chi connectivity index (χ0n) is 17.0. The molecule has 0 unspecified atom stereocenters. The summed E-state index contributed by atoms with van der Waals surface area (Å²) < 4.78 is 16.2. The number of carbonyl (C=O) groups excluding carboxylic acids is 3. The van der Waals surface area contributed by atoms with E-state index in [9.17, 15) is 14.4 Å². The number of benzene rings is 2. The molecule has 0 radical (unpaired) electrons. The van der Waals surface area contributed by atoms with Gasteiger partial charge in [0.25, 0.3) is 5.91 Å². The summed E-state index contributed by atoms with van der Waals surface area (Å²) in [6.07, 6.45) is 0.757. The van der Waals surface area contributed by atoms with Crippen LogP contribution in [-0.2, 0) is 14.3 Å². The van der Waals surface area contributed by atoms with Gasteiger partial charge in [0.1, 0.15) is 0 Å². The van der Waals surface area contributed by atoms with Gasteiger partial charge in [0.05, 0.1) is 25.3 Å². The van der Waals surface area contributed by atoms with Crippen molar-refractivity contribution in [1.29, 1.82) is 0 Å². The number of anilines is 1. The van der Waals surface area contributed by atoms with E-state index in [0.29, 0.717) is 30.4 Å². The van der Waals surface area contributed by atoms with Crippen molar-refractivity contribution in [1.82, 2.24) is 4.90 Å². The van der Waals surface area contributed by atoms with Crippen molar-refractivity contribution in [3.63, 3.8) is 0 Å². The minimum absolute atomic E-state index is 0.158. The van der Waals surface area contributed by atoms with E-state index in [1.54, 1.807) is 24.3 Å². The van der Waals surface area contributed by atoms with E-state index >= 15 is 0 Å². The van der Waals surface area contributed by atoms with Crippen LogP contribution in [0.15, 0.2) is 42.5 Å². The molecule has 0 atom stereocenters. The van der Waals surface area contributed by atoms with Crippen molar-refractivity contribution in [3.05, 3.63) is 53.6 Å². The van der Waals surface area contributed by atoms with Crippen molar-refractivity contribution < 1.29 is 28.6 Å². The topological polar surface area (TPSA) is 94.2 Å². The molecule has 0 saturated heterocycles. The first kappa shape index (κ1) is 21.2. The van der Waals surface area contributed by atoms with Crippen LogP contribution in [-0.4, -0.2) is 56.1 Å². The fraction of sp³-hybridized carbons (Fsp3) is 0.318. The number of fused-ring (bicyclic) bond motifs is 1. The van der Waals surface area contributed by atoms with Gasteiger partial charge in [-0.25, -0.2) is 4.79 Å². The van der Waals surface area contributed by atoms with Crippen LogP contribution in [0.3, 0.4) is 0 Å². The smallest absolute Gasteiger partial charge is 0.338 e. The first-order chi connectivity index (χ1) is 14.4. The van der Waals surface area contributed by atoms with Gasteiger partial charge in [-0.3, -0.25) is 9.59 Å². The molecule has 1 heterocycles. The number of nitrogens with zero attached hydrogens (tertiary/aromatic N) is 1. The summed E-state index contributed by atoms with van der Waals surface area (Å²) in [5.41, 5.74) is 1.98. The summed E-state index contributed by atoms with van der Waals surface area (Å²) in [5.74, 6) is -0.449. The molecule has 8 nitrogen and oxygen atoms in total. The Kier molecular flexibility index (Phi) is 6.90. The molecule has 0 aromatic heterocycles. The molecule has 158 valence electrons. The minimum Gasteiger partial charge on any atom is -0.490 e. The fourth-order valence-electron chi connectivity index (χ4n) is 2.75. The number of hydrogen-bond donors (Lipinski definition) is 1. The Morgan fingerprint density at radius 3 is 2.47 bits per heavy atom. The number of ether oxygens (including phenoxy) is 3. The van der Waals surface area contributed by atoms with Crippen molar-refractivity contribution in [3.8, 4) is 11.5 Å². The highest BCUT2D eigenvalue weighted by molar-refractivity contribution is 5.95. The number of aryl methyl sites for hydroxylation is 1. The van der Waals surface area contributed by atoms with Crippen LogP contribution in [0, 0.1) is 6.92 Å². The third kappa shape index (κ3) is 5.73. The van der Waals surface area contributed by atoms with Crippen molar-refractivity contribution in [2.45, 2.75) is 13.3 Å². The first-order valence-electron chi connectivity index (χ1n) is 9.59. The van der Waals surface area contributed by atoms with Gasteiger partial charge in [-0.1, -0.05) is 17.7 Å². The van der Waals surface area contributed by atoms with Gasteiger partial charge < -0.3 is 24.4 Å². The van der Waals surface area contributed by atoms with Gasteiger partial charge in [0.2, 0.25) is 5.91 Å². The number of esters is 1. The van der Waals surface area contributed by atoms with Crippen LogP contribution in [0.1, 0.15) is 22.3 Å². The van der Waals surface area contributed by atoms with E-state index in [4.69, 9.17) is 14.2 Å². The fourth-order valence-corrected chi connectivity index (χ4v) is 2.75. The van der Waals surface area contributed by atoms with Gasteiger partial charge in [-0.15, -0.1) is 0 Å². The first-order valence-corrected chi connectivity index (χ1v) is 9.59. The van der Waals surface area contributed by atoms with E-state index in [1.165, 1.54) is 18.0 Å². The summed E-state index contributed by atoms with van der Waals surface area (Å²) in [7, 11) is 1.47. The monoisotopic (exact) mass is 412 g/mol. The van der Waals surface area contributed by atoms with Gasteiger partial charge >= 0.3 is 5.97 Å². The standard InChI is InChI=1S/C22H24N2O6/c1-15-4-7-17(8-5-15)23-20(25)13-24(2)21(26)14-30-22(27)16-6-9-18-19(12-16)29-11-3-10-28-18/h4-9,12H,3,10-11,13-14H2,1-2H3,(H,23,25). The lowest BCUT2D eigenvalue weighted by molar-refractivity contribution is -0.136. The van der Waals surface area contributed by atoms with Crippen molar-refractivity contribution in [2.75, 3.05) is 38.7 Å². The lowest BCUT2D eigenvalue weighted by Crippen LogP contribution is -2.37. The highest BCUT2D eigenvalue weighted by Crippen LogP contribution is 2.30. The zero-order valence-corrected chi connectivity index (χ0v) is 17.0. The minimum atomic E-state index is -0.656. The molecule has 30 heavy (non-hydrogen) atoms. The molecular weight excluding hydrogens is 388 g/mol.